The fraction of sp³-hybridized carbons (Fsp3) is 0.500. The van der Waals surface area contributed by atoms with Crippen molar-refractivity contribution < 1.29 is 13.3 Å². The normalized spacial score (nSPS) is 16.6. The van der Waals surface area contributed by atoms with E-state index in [4.69, 9.17) is 0 Å². The van der Waals surface area contributed by atoms with Crippen LogP contribution in [-0.4, -0.2) is 48.8 Å². The highest BCUT2D eigenvalue weighted by Crippen LogP contribution is 2.29. The molecule has 21 heavy (non-hydrogen) atoms. The van der Waals surface area contributed by atoms with Crippen LogP contribution in [0.1, 0.15) is 6.92 Å². The van der Waals surface area contributed by atoms with Gasteiger partial charge in [0.05, 0.1) is 9.82 Å². The van der Waals surface area contributed by atoms with Gasteiger partial charge in [-0.25, -0.2) is 8.42 Å². The lowest BCUT2D eigenvalue weighted by atomic mass is 10.2. The van der Waals surface area contributed by atoms with Gasteiger partial charge < -0.3 is 5.32 Å². The van der Waals surface area contributed by atoms with E-state index in [9.17, 15) is 18.5 Å². The molecular formula is C12H17N3O4S2. The molecule has 1 aliphatic rings. The fourth-order valence-electron chi connectivity index (χ4n) is 2.10. The first kappa shape index (κ1) is 16.1. The maximum absolute atomic E-state index is 12.5. The lowest BCUT2D eigenvalue weighted by Crippen LogP contribution is -2.37. The minimum absolute atomic E-state index is 0.0252. The summed E-state index contributed by atoms with van der Waals surface area (Å²) in [6.07, 6.45) is 0. The van der Waals surface area contributed by atoms with Crippen molar-refractivity contribution in [1.29, 1.82) is 0 Å². The molecule has 2 rings (SSSR count). The molecule has 1 fully saturated rings. The zero-order chi connectivity index (χ0) is 15.5. The van der Waals surface area contributed by atoms with Gasteiger partial charge in [-0.15, -0.1) is 0 Å². The van der Waals surface area contributed by atoms with Gasteiger partial charge in [-0.2, -0.15) is 16.1 Å². The number of hydrogen-bond acceptors (Lipinski definition) is 6. The number of sulfonamides is 1. The maximum atomic E-state index is 12.5. The summed E-state index contributed by atoms with van der Waals surface area (Å²) in [6.45, 7) is 3.22. The molecule has 0 bridgehead atoms. The van der Waals surface area contributed by atoms with Crippen LogP contribution in [0.15, 0.2) is 23.1 Å². The molecule has 0 unspecified atom stereocenters. The van der Waals surface area contributed by atoms with E-state index < -0.39 is 14.9 Å². The van der Waals surface area contributed by atoms with Crippen LogP contribution in [0.5, 0.6) is 0 Å². The van der Waals surface area contributed by atoms with Crippen LogP contribution < -0.4 is 5.32 Å². The summed E-state index contributed by atoms with van der Waals surface area (Å²) in [7, 11) is -3.66. The number of rotatable bonds is 5. The number of nitro groups is 1. The van der Waals surface area contributed by atoms with Gasteiger partial charge in [-0.1, -0.05) is 0 Å². The summed E-state index contributed by atoms with van der Waals surface area (Å²) < 4.78 is 26.4. The van der Waals surface area contributed by atoms with Crippen LogP contribution in [-0.2, 0) is 10.0 Å². The summed E-state index contributed by atoms with van der Waals surface area (Å²) in [5, 5.41) is 14.0. The van der Waals surface area contributed by atoms with Gasteiger partial charge in [0.15, 0.2) is 0 Å². The van der Waals surface area contributed by atoms with Gasteiger partial charge in [0.2, 0.25) is 10.0 Å². The molecule has 0 spiro atoms. The van der Waals surface area contributed by atoms with Crippen molar-refractivity contribution in [2.45, 2.75) is 11.8 Å². The molecule has 7 nitrogen and oxygen atoms in total. The summed E-state index contributed by atoms with van der Waals surface area (Å²) in [5.41, 5.74) is 0.111. The maximum Gasteiger partial charge on any atom is 0.293 e. The molecule has 1 aliphatic heterocycles. The van der Waals surface area contributed by atoms with Crippen LogP contribution in [0.2, 0.25) is 0 Å². The predicted octanol–water partition coefficient (Wildman–Crippen LogP) is 1.76. The third-order valence-corrected chi connectivity index (χ3v) is 5.98. The summed E-state index contributed by atoms with van der Waals surface area (Å²) in [6, 6.07) is 4.00. The molecule has 9 heteroatoms. The first-order chi connectivity index (χ1) is 9.96. The zero-order valence-corrected chi connectivity index (χ0v) is 13.2. The van der Waals surface area contributed by atoms with Crippen molar-refractivity contribution in [3.05, 3.63) is 28.3 Å². The van der Waals surface area contributed by atoms with E-state index in [0.717, 1.165) is 17.6 Å². The van der Waals surface area contributed by atoms with Crippen molar-refractivity contribution in [1.82, 2.24) is 4.31 Å². The Hall–Kier alpha value is -1.32. The molecule has 0 aliphatic carbocycles. The second kappa shape index (κ2) is 6.63. The Morgan fingerprint density at radius 1 is 1.38 bits per heavy atom. The van der Waals surface area contributed by atoms with E-state index in [2.05, 4.69) is 5.32 Å². The average Bonchev–Trinajstić information content (AvgIpc) is 2.48. The highest BCUT2D eigenvalue weighted by molar-refractivity contribution is 7.99. The SMILES string of the molecule is CCNc1ccc(S(=O)(=O)N2CCSCC2)cc1[N+](=O)[O-]. The third kappa shape index (κ3) is 3.47. The number of nitrogens with zero attached hydrogens (tertiary/aromatic N) is 2. The van der Waals surface area contributed by atoms with E-state index in [-0.39, 0.29) is 10.6 Å². The second-order valence-electron chi connectivity index (χ2n) is 4.48. The van der Waals surface area contributed by atoms with Crippen LogP contribution in [0.4, 0.5) is 11.4 Å². The Labute approximate surface area is 127 Å². The van der Waals surface area contributed by atoms with Crippen LogP contribution in [0.25, 0.3) is 0 Å². The molecular weight excluding hydrogens is 314 g/mol. The molecule has 116 valence electrons. The lowest BCUT2D eigenvalue weighted by molar-refractivity contribution is -0.384. The number of nitro benzene ring substituents is 1. The van der Waals surface area contributed by atoms with Crippen molar-refractivity contribution in [2.24, 2.45) is 0 Å². The van der Waals surface area contributed by atoms with Crippen molar-refractivity contribution >= 4 is 33.2 Å². The Bertz CT molecular complexity index is 627. The molecule has 0 aromatic heterocycles. The van der Waals surface area contributed by atoms with Crippen LogP contribution >= 0.6 is 11.8 Å². The van der Waals surface area contributed by atoms with Gasteiger partial charge in [0.25, 0.3) is 5.69 Å². The molecule has 0 saturated carbocycles. The quantitative estimate of drug-likeness (QED) is 0.653. The lowest BCUT2D eigenvalue weighted by Gasteiger charge is -2.25. The number of thioether (sulfide) groups is 1. The predicted molar refractivity (Wildman–Crippen MR) is 83.3 cm³/mol. The Balaban J connectivity index is 2.39. The summed E-state index contributed by atoms with van der Waals surface area (Å²) in [4.78, 5) is 10.5. The number of nitrogens with one attached hydrogen (secondary N) is 1. The molecule has 0 atom stereocenters. The number of anilines is 1. The number of benzene rings is 1. The van der Waals surface area contributed by atoms with Crippen molar-refractivity contribution in [2.75, 3.05) is 36.5 Å². The van der Waals surface area contributed by atoms with Gasteiger partial charge in [-0.05, 0) is 19.1 Å². The van der Waals surface area contributed by atoms with E-state index in [1.165, 1.54) is 16.4 Å². The zero-order valence-electron chi connectivity index (χ0n) is 11.6. The van der Waals surface area contributed by atoms with E-state index in [1.807, 2.05) is 6.92 Å². The smallest absolute Gasteiger partial charge is 0.293 e. The summed E-state index contributed by atoms with van der Waals surface area (Å²) in [5.74, 6) is 1.49. The van der Waals surface area contributed by atoms with Gasteiger partial charge in [0.1, 0.15) is 5.69 Å². The Kier molecular flexibility index (Phi) is 5.07. The monoisotopic (exact) mass is 331 g/mol. The van der Waals surface area contributed by atoms with Gasteiger partial charge in [-0.3, -0.25) is 10.1 Å². The van der Waals surface area contributed by atoms with Gasteiger partial charge in [0, 0.05) is 37.2 Å². The highest BCUT2D eigenvalue weighted by atomic mass is 32.2. The van der Waals surface area contributed by atoms with Crippen molar-refractivity contribution in [3.63, 3.8) is 0 Å². The molecule has 0 radical (unpaired) electrons. The minimum atomic E-state index is -3.66. The largest absolute Gasteiger partial charge is 0.380 e. The summed E-state index contributed by atoms with van der Waals surface area (Å²) >= 11 is 1.70. The first-order valence-electron chi connectivity index (χ1n) is 6.57. The molecule has 1 aromatic rings. The molecule has 1 saturated heterocycles. The van der Waals surface area contributed by atoms with E-state index >= 15 is 0 Å². The molecule has 0 amide bonds. The fourth-order valence-corrected chi connectivity index (χ4v) is 4.70. The molecule has 1 aromatic carbocycles. The second-order valence-corrected chi connectivity index (χ2v) is 7.65. The van der Waals surface area contributed by atoms with E-state index in [1.54, 1.807) is 11.8 Å². The van der Waals surface area contributed by atoms with Crippen molar-refractivity contribution in [3.8, 4) is 0 Å². The molecule has 1 heterocycles. The number of hydrogen-bond donors (Lipinski definition) is 1. The van der Waals surface area contributed by atoms with Gasteiger partial charge >= 0.3 is 0 Å². The van der Waals surface area contributed by atoms with E-state index in [0.29, 0.717) is 25.3 Å². The topological polar surface area (TPSA) is 92.6 Å². The van der Waals surface area contributed by atoms with Crippen LogP contribution in [0.3, 0.4) is 0 Å². The standard InChI is InChI=1S/C12H17N3O4S2/c1-2-13-11-4-3-10(9-12(11)15(16)17)21(18,19)14-5-7-20-8-6-14/h3-4,9,13H,2,5-8H2,1H3. The highest BCUT2D eigenvalue weighted by Gasteiger charge is 2.28. The van der Waals surface area contributed by atoms with Crippen LogP contribution in [0, 0.1) is 10.1 Å². The Morgan fingerprint density at radius 2 is 2.05 bits per heavy atom. The first-order valence-corrected chi connectivity index (χ1v) is 9.16. The molecule has 1 N–H and O–H groups in total. The average molecular weight is 331 g/mol. The Morgan fingerprint density at radius 3 is 2.62 bits per heavy atom. The minimum Gasteiger partial charge on any atom is -0.380 e. The third-order valence-electron chi connectivity index (χ3n) is 3.14.